The number of hydrogen-bond donors (Lipinski definition) is 2. The lowest BCUT2D eigenvalue weighted by Crippen LogP contribution is -2.86. The molecule has 2 aromatic carbocycles. The number of anilines is 1. The van der Waals surface area contributed by atoms with Crippen LogP contribution in [0.4, 0.5) is 14.5 Å². The Kier molecular flexibility index (Phi) is 6.26. The number of amides is 1. The second kappa shape index (κ2) is 8.40. The molecule has 0 aromatic heterocycles. The van der Waals surface area contributed by atoms with Crippen LogP contribution in [-0.4, -0.2) is 19.1 Å². The number of nitrogens with two attached hydrogens (primary N) is 1. The topological polar surface area (TPSA) is 54.9 Å². The van der Waals surface area contributed by atoms with Crippen LogP contribution < -0.4 is 15.4 Å². The summed E-state index contributed by atoms with van der Waals surface area (Å²) in [7, 11) is 0. The number of quaternary nitrogens is 1. The molecule has 4 nitrogen and oxygen atoms in total. The SMILES string of the molecule is CCOc1ccccc1NC(=O)C[NH2+][C@@H](C)c1ccc(F)cc1F. The van der Waals surface area contributed by atoms with E-state index in [0.717, 1.165) is 6.07 Å². The molecule has 24 heavy (non-hydrogen) atoms. The van der Waals surface area contributed by atoms with Crippen LogP contribution in [0.2, 0.25) is 0 Å². The zero-order valence-electron chi connectivity index (χ0n) is 13.7. The maximum Gasteiger partial charge on any atom is 0.279 e. The van der Waals surface area contributed by atoms with Crippen LogP contribution in [0.25, 0.3) is 0 Å². The van der Waals surface area contributed by atoms with E-state index >= 15 is 0 Å². The lowest BCUT2D eigenvalue weighted by atomic mass is 10.1. The number of halogens is 2. The number of nitrogens with one attached hydrogen (secondary N) is 1. The summed E-state index contributed by atoms with van der Waals surface area (Å²) in [5.41, 5.74) is 0.956. The van der Waals surface area contributed by atoms with Gasteiger partial charge in [-0.15, -0.1) is 0 Å². The summed E-state index contributed by atoms with van der Waals surface area (Å²) in [5, 5.41) is 4.47. The molecule has 0 aliphatic heterocycles. The van der Waals surface area contributed by atoms with Gasteiger partial charge in [0.15, 0.2) is 6.54 Å². The number of para-hydroxylation sites is 2. The molecule has 6 heteroatoms. The molecule has 1 atom stereocenters. The van der Waals surface area contributed by atoms with Crippen molar-refractivity contribution in [3.8, 4) is 5.75 Å². The van der Waals surface area contributed by atoms with E-state index in [2.05, 4.69) is 5.32 Å². The van der Waals surface area contributed by atoms with E-state index in [0.29, 0.717) is 23.6 Å². The quantitative estimate of drug-likeness (QED) is 0.817. The molecule has 0 fully saturated rings. The molecule has 0 saturated heterocycles. The van der Waals surface area contributed by atoms with Gasteiger partial charge in [-0.1, -0.05) is 12.1 Å². The van der Waals surface area contributed by atoms with E-state index < -0.39 is 11.6 Å². The summed E-state index contributed by atoms with van der Waals surface area (Å²) in [6, 6.07) is 10.3. The van der Waals surface area contributed by atoms with E-state index in [1.54, 1.807) is 30.4 Å². The minimum absolute atomic E-state index is 0.110. The van der Waals surface area contributed by atoms with Gasteiger partial charge in [-0.3, -0.25) is 4.79 Å². The number of rotatable bonds is 7. The Morgan fingerprint density at radius 3 is 2.71 bits per heavy atom. The van der Waals surface area contributed by atoms with Gasteiger partial charge in [0.25, 0.3) is 5.91 Å². The smallest absolute Gasteiger partial charge is 0.279 e. The first-order valence-corrected chi connectivity index (χ1v) is 7.81. The zero-order chi connectivity index (χ0) is 17.5. The second-order valence-corrected chi connectivity index (χ2v) is 5.37. The highest BCUT2D eigenvalue weighted by atomic mass is 19.1. The van der Waals surface area contributed by atoms with E-state index in [9.17, 15) is 13.6 Å². The lowest BCUT2D eigenvalue weighted by Gasteiger charge is -2.13. The highest BCUT2D eigenvalue weighted by molar-refractivity contribution is 5.92. The molecule has 1 amide bonds. The Morgan fingerprint density at radius 2 is 2.00 bits per heavy atom. The standard InChI is InChI=1S/C18H20F2N2O2/c1-3-24-17-7-5-4-6-16(17)22-18(23)11-21-12(2)14-9-8-13(19)10-15(14)20/h4-10,12,21H,3,11H2,1-2H3,(H,22,23)/p+1/t12-/m0/s1. The summed E-state index contributed by atoms with van der Waals surface area (Å²) in [6.07, 6.45) is 0. The minimum Gasteiger partial charge on any atom is -0.492 e. The molecule has 0 unspecified atom stereocenters. The third-order valence-electron chi connectivity index (χ3n) is 3.57. The summed E-state index contributed by atoms with van der Waals surface area (Å²) in [5.74, 6) is -0.850. The van der Waals surface area contributed by atoms with Crippen LogP contribution in [0.3, 0.4) is 0 Å². The van der Waals surface area contributed by atoms with Crippen molar-refractivity contribution >= 4 is 11.6 Å². The largest absolute Gasteiger partial charge is 0.492 e. The summed E-state index contributed by atoms with van der Waals surface area (Å²) < 4.78 is 32.1. The predicted molar refractivity (Wildman–Crippen MR) is 87.8 cm³/mol. The van der Waals surface area contributed by atoms with Gasteiger partial charge in [0, 0.05) is 11.6 Å². The van der Waals surface area contributed by atoms with Gasteiger partial charge >= 0.3 is 0 Å². The molecule has 2 rings (SSSR count). The molecule has 3 N–H and O–H groups in total. The number of carbonyl (C=O) groups is 1. The van der Waals surface area contributed by atoms with E-state index in [4.69, 9.17) is 4.74 Å². The lowest BCUT2D eigenvalue weighted by molar-refractivity contribution is -0.682. The van der Waals surface area contributed by atoms with Gasteiger partial charge in [-0.2, -0.15) is 0 Å². The van der Waals surface area contributed by atoms with Crippen molar-refractivity contribution in [1.29, 1.82) is 0 Å². The number of benzene rings is 2. The van der Waals surface area contributed by atoms with Gasteiger partial charge in [-0.05, 0) is 38.1 Å². The first kappa shape index (κ1) is 17.9. The Bertz CT molecular complexity index is 707. The van der Waals surface area contributed by atoms with Crippen LogP contribution in [-0.2, 0) is 4.79 Å². The maximum absolute atomic E-state index is 13.7. The van der Waals surface area contributed by atoms with Crippen molar-refractivity contribution in [2.75, 3.05) is 18.5 Å². The van der Waals surface area contributed by atoms with Crippen LogP contribution >= 0.6 is 0 Å². The van der Waals surface area contributed by atoms with E-state index in [1.807, 2.05) is 13.0 Å². The van der Waals surface area contributed by atoms with Crippen molar-refractivity contribution in [1.82, 2.24) is 0 Å². The third kappa shape index (κ3) is 4.76. The average Bonchev–Trinajstić information content (AvgIpc) is 2.55. The fraction of sp³-hybridized carbons (Fsp3) is 0.278. The van der Waals surface area contributed by atoms with Crippen molar-refractivity contribution in [2.45, 2.75) is 19.9 Å². The Balaban J connectivity index is 1.93. The summed E-state index contributed by atoms with van der Waals surface area (Å²) in [4.78, 5) is 12.1. The van der Waals surface area contributed by atoms with Crippen molar-refractivity contribution < 1.29 is 23.6 Å². The molecular formula is C18H21F2N2O2+. The van der Waals surface area contributed by atoms with Crippen LogP contribution in [0.5, 0.6) is 5.75 Å². The fourth-order valence-electron chi connectivity index (χ4n) is 2.33. The van der Waals surface area contributed by atoms with Gasteiger partial charge < -0.3 is 15.4 Å². The Hall–Kier alpha value is -2.47. The van der Waals surface area contributed by atoms with Crippen molar-refractivity contribution in [3.05, 3.63) is 59.7 Å². The average molecular weight is 335 g/mol. The number of hydrogen-bond acceptors (Lipinski definition) is 2. The molecule has 0 bridgehead atoms. The molecule has 0 aliphatic rings. The van der Waals surface area contributed by atoms with Gasteiger partial charge in [-0.25, -0.2) is 8.78 Å². The highest BCUT2D eigenvalue weighted by Crippen LogP contribution is 2.23. The van der Waals surface area contributed by atoms with Crippen molar-refractivity contribution in [2.24, 2.45) is 0 Å². The minimum atomic E-state index is -0.617. The fourth-order valence-corrected chi connectivity index (χ4v) is 2.33. The number of ether oxygens (including phenoxy) is 1. The van der Waals surface area contributed by atoms with Crippen molar-refractivity contribution in [3.63, 3.8) is 0 Å². The molecular weight excluding hydrogens is 314 g/mol. The molecule has 0 heterocycles. The van der Waals surface area contributed by atoms with Gasteiger partial charge in [0.2, 0.25) is 0 Å². The predicted octanol–water partition coefficient (Wildman–Crippen LogP) is 2.63. The number of carbonyl (C=O) groups excluding carboxylic acids is 1. The van der Waals surface area contributed by atoms with Crippen LogP contribution in [0.15, 0.2) is 42.5 Å². The molecule has 0 saturated carbocycles. The highest BCUT2D eigenvalue weighted by Gasteiger charge is 2.16. The molecule has 0 spiro atoms. The van der Waals surface area contributed by atoms with Crippen LogP contribution in [0.1, 0.15) is 25.5 Å². The molecule has 0 radical (unpaired) electrons. The summed E-state index contributed by atoms with van der Waals surface area (Å²) in [6.45, 7) is 4.24. The first-order valence-electron chi connectivity index (χ1n) is 7.81. The Morgan fingerprint density at radius 1 is 1.25 bits per heavy atom. The molecule has 0 aliphatic carbocycles. The summed E-state index contributed by atoms with van der Waals surface area (Å²) >= 11 is 0. The van der Waals surface area contributed by atoms with Gasteiger partial charge in [0.05, 0.1) is 12.3 Å². The molecule has 2 aromatic rings. The van der Waals surface area contributed by atoms with Crippen LogP contribution in [0, 0.1) is 11.6 Å². The maximum atomic E-state index is 13.7. The van der Waals surface area contributed by atoms with Gasteiger partial charge in [0.1, 0.15) is 23.4 Å². The monoisotopic (exact) mass is 335 g/mol. The Labute approximate surface area is 139 Å². The van der Waals surface area contributed by atoms with E-state index in [1.165, 1.54) is 12.1 Å². The molecule has 128 valence electrons. The third-order valence-corrected chi connectivity index (χ3v) is 3.57. The normalized spacial score (nSPS) is 11.8. The zero-order valence-corrected chi connectivity index (χ0v) is 13.7. The van der Waals surface area contributed by atoms with E-state index in [-0.39, 0.29) is 18.5 Å². The first-order chi connectivity index (χ1) is 11.5. The second-order valence-electron chi connectivity index (χ2n) is 5.37.